The smallest absolute Gasteiger partial charge is 0.315 e. The Labute approximate surface area is 132 Å². The highest BCUT2D eigenvalue weighted by molar-refractivity contribution is 5.99. The average Bonchev–Trinajstić information content (AvgIpc) is 3.38. The van der Waals surface area contributed by atoms with E-state index in [0.717, 1.165) is 20.0 Å². The molecule has 8 heteroatoms. The third-order valence-corrected chi connectivity index (χ3v) is 3.21. The summed E-state index contributed by atoms with van der Waals surface area (Å²) in [5.41, 5.74) is 5.19. The largest absolute Gasteiger partial charge is 0.469 e. The van der Waals surface area contributed by atoms with Crippen molar-refractivity contribution in [3.05, 3.63) is 29.8 Å². The fourth-order valence-electron chi connectivity index (χ4n) is 1.74. The van der Waals surface area contributed by atoms with Gasteiger partial charge in [0.05, 0.1) is 7.11 Å². The van der Waals surface area contributed by atoms with Crippen molar-refractivity contribution in [2.75, 3.05) is 12.4 Å². The number of hydrogen-bond donors (Lipinski definition) is 3. The zero-order valence-corrected chi connectivity index (χ0v) is 12.5. The molecule has 2 rings (SSSR count). The molecule has 1 saturated carbocycles. The molecule has 0 atom stereocenters. The molecule has 0 bridgehead atoms. The zero-order chi connectivity index (χ0) is 16.8. The van der Waals surface area contributed by atoms with Crippen LogP contribution in [0.3, 0.4) is 0 Å². The van der Waals surface area contributed by atoms with Gasteiger partial charge in [0.2, 0.25) is 11.8 Å². The van der Waals surface area contributed by atoms with Gasteiger partial charge >= 0.3 is 5.97 Å². The Balaban J connectivity index is 1.81. The molecule has 0 heterocycles. The summed E-state index contributed by atoms with van der Waals surface area (Å²) in [6, 6.07) is 6.24. The average molecular weight is 319 g/mol. The first kappa shape index (κ1) is 16.5. The molecule has 0 saturated heterocycles. The normalized spacial score (nSPS) is 12.9. The van der Waals surface area contributed by atoms with Crippen molar-refractivity contribution in [3.63, 3.8) is 0 Å². The van der Waals surface area contributed by atoms with Crippen molar-refractivity contribution in [2.45, 2.75) is 19.3 Å². The molecule has 1 aromatic rings. The van der Waals surface area contributed by atoms with Crippen molar-refractivity contribution >= 4 is 29.4 Å². The van der Waals surface area contributed by atoms with Crippen LogP contribution in [-0.4, -0.2) is 30.8 Å². The van der Waals surface area contributed by atoms with Crippen molar-refractivity contribution in [1.29, 1.82) is 0 Å². The number of rotatable bonds is 5. The fraction of sp³-hybridized carbons (Fsp3) is 0.333. The van der Waals surface area contributed by atoms with Crippen molar-refractivity contribution in [3.8, 4) is 0 Å². The molecule has 1 aliphatic rings. The summed E-state index contributed by atoms with van der Waals surface area (Å²) in [6.45, 7) is 0. The van der Waals surface area contributed by atoms with E-state index >= 15 is 0 Å². The summed E-state index contributed by atoms with van der Waals surface area (Å²) in [6.07, 6.45) is 1.35. The molecule has 23 heavy (non-hydrogen) atoms. The SMILES string of the molecule is COC(=O)CC(=O)NNC(=O)c1ccc(NC(=O)C2CC2)cc1. The van der Waals surface area contributed by atoms with Gasteiger partial charge in [0.25, 0.3) is 5.91 Å². The molecule has 0 radical (unpaired) electrons. The van der Waals surface area contributed by atoms with Crippen LogP contribution in [0.4, 0.5) is 5.69 Å². The molecule has 0 unspecified atom stereocenters. The first-order valence-corrected chi connectivity index (χ1v) is 7.06. The molecule has 1 aromatic carbocycles. The summed E-state index contributed by atoms with van der Waals surface area (Å²) in [5, 5.41) is 2.76. The molecule has 0 spiro atoms. The van der Waals surface area contributed by atoms with Gasteiger partial charge < -0.3 is 10.1 Å². The van der Waals surface area contributed by atoms with Crippen molar-refractivity contribution < 1.29 is 23.9 Å². The molecule has 122 valence electrons. The van der Waals surface area contributed by atoms with E-state index in [-0.39, 0.29) is 11.8 Å². The van der Waals surface area contributed by atoms with Gasteiger partial charge in [0, 0.05) is 17.2 Å². The lowest BCUT2D eigenvalue weighted by Crippen LogP contribution is -2.42. The molecule has 0 aromatic heterocycles. The van der Waals surface area contributed by atoms with Crippen LogP contribution in [0.1, 0.15) is 29.6 Å². The number of methoxy groups -OCH3 is 1. The van der Waals surface area contributed by atoms with Gasteiger partial charge in [-0.05, 0) is 37.1 Å². The minimum atomic E-state index is -0.701. The number of hydrazine groups is 1. The summed E-state index contributed by atoms with van der Waals surface area (Å²) in [7, 11) is 1.16. The number of nitrogens with one attached hydrogen (secondary N) is 3. The molecule has 3 amide bonds. The topological polar surface area (TPSA) is 114 Å². The molecular weight excluding hydrogens is 302 g/mol. The Kier molecular flexibility index (Phi) is 5.29. The number of carbonyl (C=O) groups is 4. The Hall–Kier alpha value is -2.90. The maximum Gasteiger partial charge on any atom is 0.315 e. The third kappa shape index (κ3) is 5.10. The lowest BCUT2D eigenvalue weighted by atomic mass is 10.2. The lowest BCUT2D eigenvalue weighted by Gasteiger charge is -2.08. The van der Waals surface area contributed by atoms with Crippen LogP contribution >= 0.6 is 0 Å². The first-order chi connectivity index (χ1) is 11.0. The summed E-state index contributed by atoms with van der Waals surface area (Å²) < 4.78 is 4.33. The molecule has 0 aliphatic heterocycles. The number of ether oxygens (including phenoxy) is 1. The third-order valence-electron chi connectivity index (χ3n) is 3.21. The van der Waals surface area contributed by atoms with E-state index in [1.54, 1.807) is 12.1 Å². The minimum Gasteiger partial charge on any atom is -0.469 e. The number of esters is 1. The van der Waals surface area contributed by atoms with E-state index in [4.69, 9.17) is 0 Å². The van der Waals surface area contributed by atoms with E-state index in [9.17, 15) is 19.2 Å². The lowest BCUT2D eigenvalue weighted by molar-refractivity contribution is -0.144. The maximum atomic E-state index is 11.8. The molecular formula is C15H17N3O5. The summed E-state index contributed by atoms with van der Waals surface area (Å²) in [5.74, 6) is -1.84. The second-order valence-electron chi connectivity index (χ2n) is 5.10. The van der Waals surface area contributed by atoms with E-state index in [1.807, 2.05) is 0 Å². The molecule has 1 fully saturated rings. The Morgan fingerprint density at radius 3 is 2.30 bits per heavy atom. The van der Waals surface area contributed by atoms with Crippen LogP contribution in [0.2, 0.25) is 0 Å². The standard InChI is InChI=1S/C15H17N3O5/c1-23-13(20)8-12(19)17-18-15(22)10-4-6-11(7-5-10)16-14(21)9-2-3-9/h4-7,9H,2-3,8H2,1H3,(H,16,21)(H,17,19)(H,18,22). The van der Waals surface area contributed by atoms with E-state index < -0.39 is 24.2 Å². The van der Waals surface area contributed by atoms with E-state index in [2.05, 4.69) is 20.9 Å². The Bertz CT molecular complexity index is 623. The quantitative estimate of drug-likeness (QED) is 0.412. The monoisotopic (exact) mass is 319 g/mol. The van der Waals surface area contributed by atoms with Gasteiger partial charge in [-0.3, -0.25) is 30.0 Å². The number of anilines is 1. The van der Waals surface area contributed by atoms with Crippen molar-refractivity contribution in [2.24, 2.45) is 5.92 Å². The number of benzene rings is 1. The number of hydrogen-bond acceptors (Lipinski definition) is 5. The van der Waals surface area contributed by atoms with Crippen molar-refractivity contribution in [1.82, 2.24) is 10.9 Å². The van der Waals surface area contributed by atoms with Gasteiger partial charge in [-0.1, -0.05) is 0 Å². The van der Waals surface area contributed by atoms with E-state index in [1.165, 1.54) is 12.1 Å². The predicted octanol–water partition coefficient (Wildman–Crippen LogP) is 0.359. The predicted molar refractivity (Wildman–Crippen MR) is 80.0 cm³/mol. The highest BCUT2D eigenvalue weighted by Crippen LogP contribution is 2.30. The fourth-order valence-corrected chi connectivity index (χ4v) is 1.74. The van der Waals surface area contributed by atoms with Crippen LogP contribution in [0.5, 0.6) is 0 Å². The molecule has 1 aliphatic carbocycles. The number of carbonyl (C=O) groups excluding carboxylic acids is 4. The molecule has 3 N–H and O–H groups in total. The van der Waals surface area contributed by atoms with Crippen LogP contribution in [0.25, 0.3) is 0 Å². The van der Waals surface area contributed by atoms with Gasteiger partial charge in [0.15, 0.2) is 0 Å². The van der Waals surface area contributed by atoms with E-state index in [0.29, 0.717) is 11.3 Å². The molecule has 8 nitrogen and oxygen atoms in total. The van der Waals surface area contributed by atoms with Crippen LogP contribution < -0.4 is 16.2 Å². The Morgan fingerprint density at radius 2 is 1.74 bits per heavy atom. The minimum absolute atomic E-state index is 0.0164. The second-order valence-corrected chi connectivity index (χ2v) is 5.10. The Morgan fingerprint density at radius 1 is 1.09 bits per heavy atom. The highest BCUT2D eigenvalue weighted by Gasteiger charge is 2.29. The zero-order valence-electron chi connectivity index (χ0n) is 12.5. The van der Waals surface area contributed by atoms with Crippen LogP contribution in [-0.2, 0) is 19.1 Å². The van der Waals surface area contributed by atoms with Gasteiger partial charge in [-0.25, -0.2) is 0 Å². The second kappa shape index (κ2) is 7.39. The van der Waals surface area contributed by atoms with Gasteiger partial charge in [-0.2, -0.15) is 0 Å². The summed E-state index contributed by atoms with van der Waals surface area (Å²) >= 11 is 0. The van der Waals surface area contributed by atoms with Gasteiger partial charge in [-0.15, -0.1) is 0 Å². The maximum absolute atomic E-state index is 11.8. The summed E-state index contributed by atoms with van der Waals surface area (Å²) in [4.78, 5) is 45.6. The highest BCUT2D eigenvalue weighted by atomic mass is 16.5. The number of amides is 3. The van der Waals surface area contributed by atoms with Gasteiger partial charge in [0.1, 0.15) is 6.42 Å². The first-order valence-electron chi connectivity index (χ1n) is 7.06. The van der Waals surface area contributed by atoms with Crippen LogP contribution in [0, 0.1) is 5.92 Å². The van der Waals surface area contributed by atoms with Crippen LogP contribution in [0.15, 0.2) is 24.3 Å².